The van der Waals surface area contributed by atoms with Crippen LogP contribution in [0.25, 0.3) is 0 Å². The maximum atomic E-state index is 13.5. The van der Waals surface area contributed by atoms with E-state index in [0.29, 0.717) is 12.1 Å². The topological polar surface area (TPSA) is 175 Å². The van der Waals surface area contributed by atoms with Crippen LogP contribution in [-0.4, -0.2) is 57.9 Å². The Balaban J connectivity index is 1.15. The van der Waals surface area contributed by atoms with Gasteiger partial charge >= 0.3 is 11.9 Å². The monoisotopic (exact) mass is 624 g/mol. The molecule has 238 valence electrons. The lowest BCUT2D eigenvalue weighted by atomic mass is 9.49. The van der Waals surface area contributed by atoms with Crippen molar-refractivity contribution >= 4 is 35.3 Å². The molecule has 11 nitrogen and oxygen atoms in total. The van der Waals surface area contributed by atoms with Crippen LogP contribution in [0.2, 0.25) is 0 Å². The first-order chi connectivity index (χ1) is 22.1. The molecule has 5 N–H and O–H groups in total. The number of carbonyl (C=O) groups excluding carboxylic acids is 3. The van der Waals surface area contributed by atoms with Crippen molar-refractivity contribution < 1.29 is 34.2 Å². The van der Waals surface area contributed by atoms with E-state index < -0.39 is 29.7 Å². The molecule has 1 atom stereocenters. The first kappa shape index (κ1) is 30.9. The van der Waals surface area contributed by atoms with Crippen molar-refractivity contribution in [3.8, 4) is 0 Å². The summed E-state index contributed by atoms with van der Waals surface area (Å²) < 4.78 is 0. The van der Waals surface area contributed by atoms with E-state index >= 15 is 0 Å². The fourth-order valence-corrected chi connectivity index (χ4v) is 8.14. The van der Waals surface area contributed by atoms with Gasteiger partial charge in [0.1, 0.15) is 5.69 Å². The Morgan fingerprint density at radius 3 is 1.98 bits per heavy atom. The number of hydrogen-bond acceptors (Lipinski definition) is 6. The Labute approximate surface area is 265 Å². The van der Waals surface area contributed by atoms with E-state index in [0.717, 1.165) is 55.2 Å². The average molecular weight is 625 g/mol. The van der Waals surface area contributed by atoms with Crippen molar-refractivity contribution in [2.45, 2.75) is 44.4 Å². The second-order valence-electron chi connectivity index (χ2n) is 13.1. The quantitative estimate of drug-likeness (QED) is 0.206. The van der Waals surface area contributed by atoms with Crippen molar-refractivity contribution in [3.63, 3.8) is 0 Å². The minimum absolute atomic E-state index is 0.0164. The minimum atomic E-state index is -1.35. The zero-order valence-corrected chi connectivity index (χ0v) is 25.2. The molecule has 0 radical (unpaired) electrons. The van der Waals surface area contributed by atoms with E-state index in [1.165, 1.54) is 25.5 Å². The molecule has 1 heterocycles. The summed E-state index contributed by atoms with van der Waals surface area (Å²) in [6, 6.07) is 15.1. The highest BCUT2D eigenvalue weighted by Gasteiger charge is 2.50. The van der Waals surface area contributed by atoms with E-state index in [2.05, 4.69) is 20.9 Å². The van der Waals surface area contributed by atoms with Gasteiger partial charge in [-0.3, -0.25) is 19.4 Å². The van der Waals surface area contributed by atoms with E-state index in [9.17, 15) is 34.2 Å². The molecule has 2 aromatic carbocycles. The largest absolute Gasteiger partial charge is 0.478 e. The van der Waals surface area contributed by atoms with Crippen LogP contribution in [0.5, 0.6) is 0 Å². The number of rotatable bonds is 11. The maximum absolute atomic E-state index is 13.5. The van der Waals surface area contributed by atoms with Crippen LogP contribution in [-0.2, 0) is 4.79 Å². The zero-order valence-electron chi connectivity index (χ0n) is 25.2. The second-order valence-corrected chi connectivity index (χ2v) is 13.1. The molecular formula is C35H36N4O7. The minimum Gasteiger partial charge on any atom is -0.478 e. The summed E-state index contributed by atoms with van der Waals surface area (Å²) in [6.45, 7) is 0.401. The summed E-state index contributed by atoms with van der Waals surface area (Å²) in [6.07, 6.45) is 8.77. The molecule has 4 fully saturated rings. The lowest BCUT2D eigenvalue weighted by Gasteiger charge is -2.56. The Hall–Kier alpha value is -5.06. The molecule has 3 aromatic rings. The molecule has 4 aliphatic rings. The van der Waals surface area contributed by atoms with Crippen LogP contribution in [0.4, 0.5) is 5.69 Å². The number of amides is 3. The van der Waals surface area contributed by atoms with Crippen molar-refractivity contribution in [1.82, 2.24) is 15.6 Å². The van der Waals surface area contributed by atoms with Gasteiger partial charge in [-0.2, -0.15) is 0 Å². The Kier molecular flexibility index (Phi) is 8.57. The van der Waals surface area contributed by atoms with E-state index in [1.54, 1.807) is 42.5 Å². The molecule has 0 spiro atoms. The molecule has 0 aliphatic heterocycles. The summed E-state index contributed by atoms with van der Waals surface area (Å²) in [4.78, 5) is 67.7. The number of carboxylic acids is 2. The van der Waals surface area contributed by atoms with Gasteiger partial charge in [-0.05, 0) is 97.6 Å². The first-order valence-corrected chi connectivity index (χ1v) is 15.6. The fourth-order valence-electron chi connectivity index (χ4n) is 8.14. The van der Waals surface area contributed by atoms with Crippen LogP contribution in [0.1, 0.15) is 91.6 Å². The third-order valence-corrected chi connectivity index (χ3v) is 9.74. The number of nitrogens with one attached hydrogen (secondary N) is 3. The molecule has 7 rings (SSSR count). The predicted octanol–water partition coefficient (Wildman–Crippen LogP) is 4.58. The van der Waals surface area contributed by atoms with Gasteiger partial charge in [0.25, 0.3) is 11.8 Å². The average Bonchev–Trinajstić information content (AvgIpc) is 3.03. The second kappa shape index (κ2) is 12.7. The van der Waals surface area contributed by atoms with E-state index in [-0.39, 0.29) is 45.9 Å². The Bertz CT molecular complexity index is 1620. The smallest absolute Gasteiger partial charge is 0.335 e. The van der Waals surface area contributed by atoms with Crippen LogP contribution in [0.3, 0.4) is 0 Å². The van der Waals surface area contributed by atoms with Gasteiger partial charge in [0.2, 0.25) is 5.91 Å². The molecule has 4 aliphatic carbocycles. The number of pyridine rings is 1. The molecular weight excluding hydrogens is 588 g/mol. The van der Waals surface area contributed by atoms with Gasteiger partial charge < -0.3 is 26.2 Å². The van der Waals surface area contributed by atoms with Crippen molar-refractivity contribution in [1.29, 1.82) is 0 Å². The van der Waals surface area contributed by atoms with E-state index in [1.807, 2.05) is 0 Å². The number of benzene rings is 2. The molecule has 0 saturated heterocycles. The SMILES string of the molecule is O=C(O)c1cc(NC(=O)C(CNC(=O)c2ncccc2C(=O)NCC23CC4CC(CC(C4)C2)C3)c2ccccc2)cc(C(=O)O)c1. The standard InChI is InChI=1S/C35H36N4O7/c40-30(38-19-35-15-20-9-21(16-35)11-22(10-20)17-35)27-7-4-8-36-29(27)32(42)37-18-28(23-5-2-1-3-6-23)31(41)39-26-13-24(33(43)44)12-25(14-26)34(45)46/h1-8,12-14,20-22,28H,9-11,15-19H2,(H,37,42)(H,38,40)(H,39,41)(H,43,44)(H,45,46). The molecule has 1 aromatic heterocycles. The number of aromatic nitrogens is 1. The van der Waals surface area contributed by atoms with Crippen LogP contribution in [0.15, 0.2) is 66.9 Å². The summed E-state index contributed by atoms with van der Waals surface area (Å²) in [7, 11) is 0. The number of hydrogen-bond donors (Lipinski definition) is 5. The van der Waals surface area contributed by atoms with Gasteiger partial charge in [0, 0.05) is 25.0 Å². The third-order valence-electron chi connectivity index (χ3n) is 9.74. The Morgan fingerprint density at radius 1 is 0.783 bits per heavy atom. The van der Waals surface area contributed by atoms with Crippen molar-refractivity contribution in [3.05, 3.63) is 94.8 Å². The summed E-state index contributed by atoms with van der Waals surface area (Å²) >= 11 is 0. The van der Waals surface area contributed by atoms with Gasteiger partial charge in [-0.1, -0.05) is 30.3 Å². The van der Waals surface area contributed by atoms with Crippen molar-refractivity contribution in [2.24, 2.45) is 23.2 Å². The summed E-state index contributed by atoms with van der Waals surface area (Å²) in [5, 5.41) is 27.3. The molecule has 11 heteroatoms. The van der Waals surface area contributed by atoms with E-state index in [4.69, 9.17) is 0 Å². The molecule has 3 amide bonds. The van der Waals surface area contributed by atoms with Gasteiger partial charge in [0.05, 0.1) is 22.6 Å². The van der Waals surface area contributed by atoms with Crippen LogP contribution >= 0.6 is 0 Å². The maximum Gasteiger partial charge on any atom is 0.335 e. The number of nitrogens with zero attached hydrogens (tertiary/aromatic N) is 1. The van der Waals surface area contributed by atoms with Gasteiger partial charge in [-0.25, -0.2) is 9.59 Å². The van der Waals surface area contributed by atoms with Gasteiger partial charge in [-0.15, -0.1) is 0 Å². The lowest BCUT2D eigenvalue weighted by molar-refractivity contribution is -0.117. The molecule has 46 heavy (non-hydrogen) atoms. The lowest BCUT2D eigenvalue weighted by Crippen LogP contribution is -2.51. The molecule has 4 bridgehead atoms. The number of aromatic carboxylic acids is 2. The first-order valence-electron chi connectivity index (χ1n) is 15.6. The molecule has 1 unspecified atom stereocenters. The highest BCUT2D eigenvalue weighted by molar-refractivity contribution is 6.06. The normalized spacial score (nSPS) is 23.3. The van der Waals surface area contributed by atoms with Crippen LogP contribution in [0, 0.1) is 23.2 Å². The predicted molar refractivity (Wildman–Crippen MR) is 168 cm³/mol. The van der Waals surface area contributed by atoms with Crippen molar-refractivity contribution in [2.75, 3.05) is 18.4 Å². The highest BCUT2D eigenvalue weighted by atomic mass is 16.4. The third kappa shape index (κ3) is 6.63. The summed E-state index contributed by atoms with van der Waals surface area (Å²) in [5.41, 5.74) is 0.156. The number of carboxylic acid groups (broad SMARTS) is 2. The summed E-state index contributed by atoms with van der Waals surface area (Å²) in [5.74, 6) is -2.98. The highest BCUT2D eigenvalue weighted by Crippen LogP contribution is 2.59. The number of anilines is 1. The Morgan fingerprint density at radius 2 is 1.39 bits per heavy atom. The van der Waals surface area contributed by atoms with Crippen LogP contribution < -0.4 is 16.0 Å². The molecule has 4 saturated carbocycles. The number of carbonyl (C=O) groups is 5. The van der Waals surface area contributed by atoms with Gasteiger partial charge in [0.15, 0.2) is 0 Å². The fraction of sp³-hybridized carbons (Fsp3) is 0.371. The zero-order chi connectivity index (χ0) is 32.4.